The number of nitrogens with zero attached hydrogens (tertiary/aromatic N) is 3. The fraction of sp³-hybridized carbons (Fsp3) is 0.269. The Hall–Kier alpha value is -3.98. The number of rotatable bonds is 7. The van der Waals surface area contributed by atoms with Gasteiger partial charge in [-0.25, -0.2) is 9.37 Å². The Morgan fingerprint density at radius 3 is 2.66 bits per heavy atom. The molecule has 2 aromatic carbocycles. The molecule has 9 heteroatoms. The standard InChI is InChI=1S/C26H28FN7O/c27-19-13-17(24(29)35)25(33-26(19)32-22-10-5-4-9-20(22)28)31-21-11-6-12-23-18(21)14-30-34(23)15-16-7-2-1-3-8-16/h1-3,6-8,11-14,20,22H,4-5,9-10,15,28H2,(H2,29,35)(H2,31,32,33). The molecule has 1 amide bonds. The van der Waals surface area contributed by atoms with Crippen LogP contribution in [0.2, 0.25) is 0 Å². The van der Waals surface area contributed by atoms with Crippen molar-refractivity contribution in [1.29, 1.82) is 0 Å². The summed E-state index contributed by atoms with van der Waals surface area (Å²) in [6.45, 7) is 0.616. The normalized spacial score (nSPS) is 17.9. The van der Waals surface area contributed by atoms with Crippen LogP contribution in [0.3, 0.4) is 0 Å². The minimum atomic E-state index is -0.772. The number of pyridine rings is 1. The van der Waals surface area contributed by atoms with Crippen LogP contribution in [0.15, 0.2) is 60.8 Å². The smallest absolute Gasteiger partial charge is 0.252 e. The topological polar surface area (TPSA) is 124 Å². The van der Waals surface area contributed by atoms with Crippen molar-refractivity contribution >= 4 is 34.1 Å². The van der Waals surface area contributed by atoms with E-state index in [0.29, 0.717) is 12.2 Å². The third kappa shape index (κ3) is 4.81. The Balaban J connectivity index is 1.47. The van der Waals surface area contributed by atoms with Crippen molar-refractivity contribution in [3.05, 3.63) is 77.7 Å². The zero-order valence-corrected chi connectivity index (χ0v) is 19.2. The molecule has 2 aromatic heterocycles. The summed E-state index contributed by atoms with van der Waals surface area (Å²) in [5, 5.41) is 11.7. The molecule has 6 N–H and O–H groups in total. The summed E-state index contributed by atoms with van der Waals surface area (Å²) in [7, 11) is 0. The molecule has 4 aromatic rings. The lowest BCUT2D eigenvalue weighted by Gasteiger charge is -2.30. The molecule has 0 bridgehead atoms. The largest absolute Gasteiger partial charge is 0.365 e. The first-order chi connectivity index (χ1) is 17.0. The lowest BCUT2D eigenvalue weighted by molar-refractivity contribution is 0.100. The van der Waals surface area contributed by atoms with E-state index in [4.69, 9.17) is 11.5 Å². The maximum atomic E-state index is 14.9. The van der Waals surface area contributed by atoms with Crippen LogP contribution >= 0.6 is 0 Å². The maximum absolute atomic E-state index is 14.9. The number of halogens is 1. The van der Waals surface area contributed by atoms with Crippen LogP contribution in [0.1, 0.15) is 41.6 Å². The Labute approximate surface area is 202 Å². The second-order valence-corrected chi connectivity index (χ2v) is 8.93. The van der Waals surface area contributed by atoms with Gasteiger partial charge in [-0.3, -0.25) is 9.48 Å². The van der Waals surface area contributed by atoms with Crippen molar-refractivity contribution < 1.29 is 9.18 Å². The number of nitrogens with one attached hydrogen (secondary N) is 2. The van der Waals surface area contributed by atoms with Crippen molar-refractivity contribution in [2.75, 3.05) is 10.6 Å². The van der Waals surface area contributed by atoms with E-state index in [1.165, 1.54) is 0 Å². The lowest BCUT2D eigenvalue weighted by atomic mass is 9.91. The highest BCUT2D eigenvalue weighted by molar-refractivity contribution is 6.00. The number of anilines is 3. The van der Waals surface area contributed by atoms with Crippen LogP contribution in [-0.4, -0.2) is 32.8 Å². The molecule has 8 nitrogen and oxygen atoms in total. The minimum Gasteiger partial charge on any atom is -0.365 e. The molecule has 1 aliphatic rings. The number of amides is 1. The number of hydrogen-bond donors (Lipinski definition) is 4. The Morgan fingerprint density at radius 1 is 1.09 bits per heavy atom. The predicted octanol–water partition coefficient (Wildman–Crippen LogP) is 4.14. The SMILES string of the molecule is NC(=O)c1cc(F)c(NC2CCCCC2N)nc1Nc1cccc2c1cnn2Cc1ccccc1. The van der Waals surface area contributed by atoms with Crippen molar-refractivity contribution in [1.82, 2.24) is 14.8 Å². The highest BCUT2D eigenvalue weighted by atomic mass is 19.1. The number of hydrogen-bond acceptors (Lipinski definition) is 6. The number of nitrogens with two attached hydrogens (primary N) is 2. The predicted molar refractivity (Wildman–Crippen MR) is 135 cm³/mol. The minimum absolute atomic E-state index is 0.0327. The number of carbonyl (C=O) groups is 1. The second-order valence-electron chi connectivity index (χ2n) is 8.93. The molecule has 0 spiro atoms. The fourth-order valence-corrected chi connectivity index (χ4v) is 4.61. The zero-order chi connectivity index (χ0) is 24.4. The van der Waals surface area contributed by atoms with E-state index < -0.39 is 11.7 Å². The summed E-state index contributed by atoms with van der Waals surface area (Å²) < 4.78 is 16.8. The second kappa shape index (κ2) is 9.71. The van der Waals surface area contributed by atoms with Crippen molar-refractivity contribution in [3.63, 3.8) is 0 Å². The highest BCUT2D eigenvalue weighted by Crippen LogP contribution is 2.30. The van der Waals surface area contributed by atoms with Crippen LogP contribution in [-0.2, 0) is 6.54 Å². The van der Waals surface area contributed by atoms with E-state index in [1.54, 1.807) is 6.20 Å². The van der Waals surface area contributed by atoms with E-state index in [0.717, 1.165) is 48.2 Å². The van der Waals surface area contributed by atoms with Gasteiger partial charge in [0.1, 0.15) is 5.82 Å². The van der Waals surface area contributed by atoms with Gasteiger partial charge < -0.3 is 22.1 Å². The molecule has 2 heterocycles. The van der Waals surface area contributed by atoms with Gasteiger partial charge >= 0.3 is 0 Å². The van der Waals surface area contributed by atoms with Crippen molar-refractivity contribution in [2.24, 2.45) is 11.5 Å². The fourth-order valence-electron chi connectivity index (χ4n) is 4.61. The van der Waals surface area contributed by atoms with Gasteiger partial charge in [-0.2, -0.15) is 5.10 Å². The lowest BCUT2D eigenvalue weighted by Crippen LogP contribution is -2.43. The monoisotopic (exact) mass is 473 g/mol. The first-order valence-electron chi connectivity index (χ1n) is 11.8. The summed E-state index contributed by atoms with van der Waals surface area (Å²) in [4.78, 5) is 16.5. The highest BCUT2D eigenvalue weighted by Gasteiger charge is 2.24. The van der Waals surface area contributed by atoms with Gasteiger partial charge in [-0.05, 0) is 36.6 Å². The molecule has 1 saturated carbocycles. The van der Waals surface area contributed by atoms with Crippen LogP contribution < -0.4 is 22.1 Å². The summed E-state index contributed by atoms with van der Waals surface area (Å²) in [5.41, 5.74) is 14.5. The zero-order valence-electron chi connectivity index (χ0n) is 19.2. The van der Waals surface area contributed by atoms with Crippen LogP contribution in [0.4, 0.5) is 21.7 Å². The van der Waals surface area contributed by atoms with E-state index in [9.17, 15) is 9.18 Å². The molecule has 5 rings (SSSR count). The third-order valence-corrected chi connectivity index (χ3v) is 6.50. The first-order valence-corrected chi connectivity index (χ1v) is 11.8. The maximum Gasteiger partial charge on any atom is 0.252 e. The number of benzene rings is 2. The molecule has 1 aliphatic carbocycles. The third-order valence-electron chi connectivity index (χ3n) is 6.50. The summed E-state index contributed by atoms with van der Waals surface area (Å²) in [5.74, 6) is -1.19. The van der Waals surface area contributed by atoms with Crippen LogP contribution in [0.25, 0.3) is 10.9 Å². The average Bonchev–Trinajstić information content (AvgIpc) is 3.26. The molecule has 180 valence electrons. The molecule has 2 unspecified atom stereocenters. The molecule has 0 radical (unpaired) electrons. The Morgan fingerprint density at radius 2 is 1.89 bits per heavy atom. The Bertz CT molecular complexity index is 1350. The molecular weight excluding hydrogens is 445 g/mol. The van der Waals surface area contributed by atoms with Gasteiger partial charge in [-0.1, -0.05) is 49.2 Å². The molecule has 0 saturated heterocycles. The quantitative estimate of drug-likeness (QED) is 0.320. The Kier molecular flexibility index (Phi) is 6.33. The van der Waals surface area contributed by atoms with Crippen LogP contribution in [0, 0.1) is 5.82 Å². The molecular formula is C26H28FN7O. The van der Waals surface area contributed by atoms with E-state index in [1.807, 2.05) is 53.2 Å². The van der Waals surface area contributed by atoms with E-state index >= 15 is 0 Å². The van der Waals surface area contributed by atoms with Gasteiger partial charge in [0.15, 0.2) is 11.6 Å². The number of primary amides is 1. The van der Waals surface area contributed by atoms with Gasteiger partial charge in [0.25, 0.3) is 5.91 Å². The van der Waals surface area contributed by atoms with E-state index in [-0.39, 0.29) is 29.3 Å². The van der Waals surface area contributed by atoms with Crippen LogP contribution in [0.5, 0.6) is 0 Å². The van der Waals surface area contributed by atoms with Gasteiger partial charge in [0, 0.05) is 17.5 Å². The van der Waals surface area contributed by atoms with Gasteiger partial charge in [0.2, 0.25) is 0 Å². The molecule has 0 aliphatic heterocycles. The number of aromatic nitrogens is 3. The summed E-state index contributed by atoms with van der Waals surface area (Å²) in [6.07, 6.45) is 5.55. The average molecular weight is 474 g/mol. The molecule has 2 atom stereocenters. The number of carbonyl (C=O) groups excluding carboxylic acids is 1. The first kappa shape index (κ1) is 22.8. The molecule has 35 heavy (non-hydrogen) atoms. The van der Waals surface area contributed by atoms with E-state index in [2.05, 4.69) is 20.7 Å². The van der Waals surface area contributed by atoms with Crippen molar-refractivity contribution in [2.45, 2.75) is 44.3 Å². The van der Waals surface area contributed by atoms with Gasteiger partial charge in [0.05, 0.1) is 29.5 Å². The summed E-state index contributed by atoms with van der Waals surface area (Å²) in [6, 6.07) is 16.7. The summed E-state index contributed by atoms with van der Waals surface area (Å²) >= 11 is 0. The number of fused-ring (bicyclic) bond motifs is 1. The van der Waals surface area contributed by atoms with Gasteiger partial charge in [-0.15, -0.1) is 0 Å². The van der Waals surface area contributed by atoms with Crippen molar-refractivity contribution in [3.8, 4) is 0 Å². The molecule has 1 fully saturated rings.